The van der Waals surface area contributed by atoms with Crippen molar-refractivity contribution in [1.29, 1.82) is 0 Å². The zero-order valence-corrected chi connectivity index (χ0v) is 23.6. The van der Waals surface area contributed by atoms with Gasteiger partial charge in [-0.15, -0.1) is 35.9 Å². The van der Waals surface area contributed by atoms with E-state index in [0.29, 0.717) is 17.5 Å². The molecule has 0 fully saturated rings. The fraction of sp³-hybridized carbons (Fsp3) is 0.250. The number of hydrogen-bond donors (Lipinski definition) is 0. The van der Waals surface area contributed by atoms with Crippen LogP contribution >= 0.6 is 0 Å². The molecule has 0 amide bonds. The zero-order chi connectivity index (χ0) is 24.5. The zero-order valence-electron chi connectivity index (χ0n) is 21.2. The van der Waals surface area contributed by atoms with Gasteiger partial charge in [-0.25, -0.2) is 4.85 Å². The third-order valence-electron chi connectivity index (χ3n) is 6.35. The average Bonchev–Trinajstić information content (AvgIpc) is 3.23. The summed E-state index contributed by atoms with van der Waals surface area (Å²) in [5, 5.41) is 2.37. The second kappa shape index (κ2) is 10.8. The Balaban J connectivity index is 0.00000304. The first-order chi connectivity index (χ1) is 17.0. The van der Waals surface area contributed by atoms with E-state index in [1.54, 1.807) is 0 Å². The Kier molecular flexibility index (Phi) is 7.74. The van der Waals surface area contributed by atoms with Crippen LogP contribution in [0.3, 0.4) is 0 Å². The molecule has 0 spiro atoms. The summed E-state index contributed by atoms with van der Waals surface area (Å²) in [6.45, 7) is 16.7. The van der Waals surface area contributed by atoms with Gasteiger partial charge in [-0.05, 0) is 47.3 Å². The number of rotatable bonds is 6. The summed E-state index contributed by atoms with van der Waals surface area (Å²) >= 11 is 0. The first kappa shape index (κ1) is 25.8. The molecule has 0 aliphatic carbocycles. The summed E-state index contributed by atoms with van der Waals surface area (Å²) in [5.74, 6) is 1.81. The maximum atomic E-state index is 7.76. The number of imidazole rings is 1. The summed E-state index contributed by atoms with van der Waals surface area (Å²) in [6, 6.07) is 28.4. The second-order valence-corrected chi connectivity index (χ2v) is 10.1. The van der Waals surface area contributed by atoms with Crippen LogP contribution < -0.4 is 0 Å². The van der Waals surface area contributed by atoms with Gasteiger partial charge >= 0.3 is 0 Å². The molecule has 0 atom stereocenters. The van der Waals surface area contributed by atoms with E-state index in [2.05, 4.69) is 97.8 Å². The fourth-order valence-corrected chi connectivity index (χ4v) is 5.05. The smallest absolute Gasteiger partial charge is 0.187 e. The number of hydrogen-bond acceptors (Lipinski definition) is 1. The van der Waals surface area contributed by atoms with E-state index in [-0.39, 0.29) is 20.1 Å². The van der Waals surface area contributed by atoms with Crippen LogP contribution in [0.2, 0.25) is 0 Å². The molecule has 36 heavy (non-hydrogen) atoms. The topological polar surface area (TPSA) is 22.2 Å². The standard InChI is InChI=1S/C32H30N3.Ir/c1-21(2)17-25-19-27(33-5)20-26(18-22(3)4)30(25)35-31-28-14-10-9-11-23(28)15-16-29(31)34-32(35)24-12-7-6-8-13-24;/h6-12,14-16,19-22H,17-18H2,1-4H3;/q-1;. The molecule has 4 heteroatoms. The normalized spacial score (nSPS) is 11.2. The summed E-state index contributed by atoms with van der Waals surface area (Å²) < 4.78 is 2.35. The maximum Gasteiger partial charge on any atom is 0.187 e. The van der Waals surface area contributed by atoms with Gasteiger partial charge in [-0.1, -0.05) is 70.2 Å². The van der Waals surface area contributed by atoms with Crippen molar-refractivity contribution in [2.24, 2.45) is 11.8 Å². The van der Waals surface area contributed by atoms with Gasteiger partial charge in [-0.2, -0.15) is 0 Å². The maximum absolute atomic E-state index is 7.76. The molecule has 0 aliphatic rings. The number of aromatic nitrogens is 2. The minimum Gasteiger partial charge on any atom is -0.332 e. The monoisotopic (exact) mass is 649 g/mol. The van der Waals surface area contributed by atoms with E-state index < -0.39 is 0 Å². The van der Waals surface area contributed by atoms with Gasteiger partial charge in [0.05, 0.1) is 23.4 Å². The van der Waals surface area contributed by atoms with Crippen LogP contribution in [0, 0.1) is 24.5 Å². The van der Waals surface area contributed by atoms with E-state index >= 15 is 0 Å². The summed E-state index contributed by atoms with van der Waals surface area (Å²) in [4.78, 5) is 9.00. The molecule has 0 unspecified atom stereocenters. The van der Waals surface area contributed by atoms with Crippen LogP contribution in [0.1, 0.15) is 38.8 Å². The summed E-state index contributed by atoms with van der Waals surface area (Å²) in [5.41, 5.74) is 7.33. The van der Waals surface area contributed by atoms with E-state index in [0.717, 1.165) is 35.3 Å². The molecule has 5 aromatic rings. The van der Waals surface area contributed by atoms with Gasteiger partial charge in [0, 0.05) is 31.2 Å². The van der Waals surface area contributed by atoms with Crippen molar-refractivity contribution in [2.75, 3.05) is 0 Å². The Morgan fingerprint density at radius 3 is 2.17 bits per heavy atom. The van der Waals surface area contributed by atoms with Crippen molar-refractivity contribution in [3.8, 4) is 17.1 Å². The molecule has 183 valence electrons. The Morgan fingerprint density at radius 2 is 1.56 bits per heavy atom. The minimum absolute atomic E-state index is 0. The molecule has 0 saturated carbocycles. The van der Waals surface area contributed by atoms with Crippen molar-refractivity contribution in [2.45, 2.75) is 40.5 Å². The first-order valence-electron chi connectivity index (χ1n) is 12.4. The molecule has 0 aliphatic heterocycles. The van der Waals surface area contributed by atoms with Gasteiger partial charge in [0.25, 0.3) is 0 Å². The number of benzene rings is 4. The van der Waals surface area contributed by atoms with Gasteiger partial charge in [-0.3, -0.25) is 4.98 Å². The Hall–Kier alpha value is -3.25. The molecule has 0 saturated heterocycles. The molecule has 1 radical (unpaired) electrons. The predicted octanol–water partition coefficient (Wildman–Crippen LogP) is 8.59. The quantitative estimate of drug-likeness (QED) is 0.169. The van der Waals surface area contributed by atoms with Crippen molar-refractivity contribution in [3.63, 3.8) is 0 Å². The Morgan fingerprint density at radius 1 is 0.889 bits per heavy atom. The molecule has 3 nitrogen and oxygen atoms in total. The van der Waals surface area contributed by atoms with Crippen molar-refractivity contribution >= 4 is 27.5 Å². The van der Waals surface area contributed by atoms with Crippen LogP contribution in [-0.4, -0.2) is 9.55 Å². The van der Waals surface area contributed by atoms with Gasteiger partial charge in [0.2, 0.25) is 0 Å². The Labute approximate surface area is 227 Å². The molecule has 1 aromatic heterocycles. The summed E-state index contributed by atoms with van der Waals surface area (Å²) in [6.07, 6.45) is 1.79. The average molecular weight is 649 g/mol. The third-order valence-corrected chi connectivity index (χ3v) is 6.35. The van der Waals surface area contributed by atoms with Crippen molar-refractivity contribution < 1.29 is 20.1 Å². The van der Waals surface area contributed by atoms with Crippen molar-refractivity contribution in [1.82, 2.24) is 9.55 Å². The summed E-state index contributed by atoms with van der Waals surface area (Å²) in [7, 11) is 0. The minimum atomic E-state index is 0. The van der Waals surface area contributed by atoms with E-state index in [1.165, 1.54) is 27.6 Å². The van der Waals surface area contributed by atoms with Crippen LogP contribution in [-0.2, 0) is 32.9 Å². The molecule has 0 bridgehead atoms. The fourth-order valence-electron chi connectivity index (χ4n) is 5.05. The van der Waals surface area contributed by atoms with Crippen LogP contribution in [0.4, 0.5) is 5.69 Å². The first-order valence-corrected chi connectivity index (χ1v) is 12.4. The predicted molar refractivity (Wildman–Crippen MR) is 146 cm³/mol. The van der Waals surface area contributed by atoms with Gasteiger partial charge < -0.3 is 4.57 Å². The largest absolute Gasteiger partial charge is 0.332 e. The second-order valence-electron chi connectivity index (χ2n) is 10.1. The van der Waals surface area contributed by atoms with Crippen LogP contribution in [0.15, 0.2) is 72.8 Å². The third kappa shape index (κ3) is 4.87. The SMILES string of the molecule is [C-]#[N+]c1cc(CC(C)C)c(-n2c(-c3[c-]cccc3)nc3ccc4ccccc4c32)c(CC(C)C)c1.[Ir]. The molecular formula is C32H30IrN3-. The molecule has 0 N–H and O–H groups in total. The van der Waals surface area contributed by atoms with Crippen LogP contribution in [0.25, 0.3) is 43.7 Å². The van der Waals surface area contributed by atoms with E-state index in [4.69, 9.17) is 11.6 Å². The van der Waals surface area contributed by atoms with Crippen LogP contribution in [0.5, 0.6) is 0 Å². The molecular weight excluding hydrogens is 619 g/mol. The number of nitrogens with zero attached hydrogens (tertiary/aromatic N) is 3. The molecule has 4 aromatic carbocycles. The van der Waals surface area contributed by atoms with E-state index in [1.807, 2.05) is 18.2 Å². The van der Waals surface area contributed by atoms with E-state index in [9.17, 15) is 0 Å². The number of fused-ring (bicyclic) bond motifs is 3. The Bertz CT molecular complexity index is 1520. The van der Waals surface area contributed by atoms with Crippen molar-refractivity contribution in [3.05, 3.63) is 101 Å². The van der Waals surface area contributed by atoms with Gasteiger partial charge in [0.15, 0.2) is 5.69 Å². The molecule has 5 rings (SSSR count). The van der Waals surface area contributed by atoms with Gasteiger partial charge in [0.1, 0.15) is 0 Å². The molecule has 1 heterocycles.